The van der Waals surface area contributed by atoms with Crippen LogP contribution in [0.15, 0.2) is 36.9 Å². The molecule has 1 aromatic carbocycles. The molecule has 0 atom stereocenters. The Hall–Kier alpha value is -2.96. The van der Waals surface area contributed by atoms with Crippen molar-refractivity contribution in [3.8, 4) is 0 Å². The number of aromatic nitrogens is 6. The fourth-order valence-corrected chi connectivity index (χ4v) is 3.58. The minimum absolute atomic E-state index is 0.408. The number of hydrogen-bond donors (Lipinski definition) is 0. The molecule has 1 aliphatic rings. The molecule has 7 nitrogen and oxygen atoms in total. The number of anilines is 1. The molecule has 1 aliphatic heterocycles. The highest BCUT2D eigenvalue weighted by Gasteiger charge is 2.32. The number of imidazole rings is 2. The van der Waals surface area contributed by atoms with Gasteiger partial charge in [0.1, 0.15) is 12.2 Å². The summed E-state index contributed by atoms with van der Waals surface area (Å²) in [6.45, 7) is 3.89. The fraction of sp³-hybridized carbons (Fsp3) is 0.294. The van der Waals surface area contributed by atoms with E-state index in [9.17, 15) is 0 Å². The number of rotatable bonds is 2. The number of aryl methyl sites for hydroxylation is 2. The molecule has 4 aromatic rings. The van der Waals surface area contributed by atoms with E-state index in [0.717, 1.165) is 41.4 Å². The van der Waals surface area contributed by atoms with E-state index in [1.165, 1.54) is 5.52 Å². The molecule has 0 aliphatic carbocycles. The van der Waals surface area contributed by atoms with E-state index in [1.807, 2.05) is 17.7 Å². The number of hydrogen-bond acceptors (Lipinski definition) is 5. The van der Waals surface area contributed by atoms with Gasteiger partial charge in [-0.2, -0.15) is 0 Å². The van der Waals surface area contributed by atoms with Crippen LogP contribution in [-0.4, -0.2) is 42.2 Å². The summed E-state index contributed by atoms with van der Waals surface area (Å²) in [4.78, 5) is 20.2. The molecule has 7 heteroatoms. The lowest BCUT2D eigenvalue weighted by molar-refractivity contribution is 0.400. The summed E-state index contributed by atoms with van der Waals surface area (Å²) in [5.41, 5.74) is 3.99. The zero-order valence-corrected chi connectivity index (χ0v) is 13.6. The summed E-state index contributed by atoms with van der Waals surface area (Å²) in [5, 5.41) is 0. The molecule has 0 radical (unpaired) electrons. The SMILES string of the molecule is Cc1nc2ccccc2n1C1CN(c2ncnc3c2ncn3C)C1. The van der Waals surface area contributed by atoms with Gasteiger partial charge in [0.2, 0.25) is 0 Å². The first-order valence-corrected chi connectivity index (χ1v) is 8.03. The van der Waals surface area contributed by atoms with Crippen LogP contribution in [0.2, 0.25) is 0 Å². The van der Waals surface area contributed by atoms with Crippen LogP contribution < -0.4 is 4.90 Å². The van der Waals surface area contributed by atoms with Crippen LogP contribution >= 0.6 is 0 Å². The van der Waals surface area contributed by atoms with E-state index in [1.54, 1.807) is 12.7 Å². The molecule has 0 spiro atoms. The minimum Gasteiger partial charge on any atom is -0.350 e. The molecule has 0 amide bonds. The maximum atomic E-state index is 4.67. The van der Waals surface area contributed by atoms with Gasteiger partial charge in [-0.15, -0.1) is 0 Å². The van der Waals surface area contributed by atoms with E-state index >= 15 is 0 Å². The third-order valence-corrected chi connectivity index (χ3v) is 4.78. The van der Waals surface area contributed by atoms with Crippen molar-refractivity contribution >= 4 is 28.0 Å². The predicted octanol–water partition coefficient (Wildman–Crippen LogP) is 2.08. The Bertz CT molecular complexity index is 1060. The number of para-hydroxylation sites is 2. The second-order valence-electron chi connectivity index (χ2n) is 6.30. The van der Waals surface area contributed by atoms with E-state index in [2.05, 4.69) is 54.5 Å². The Morgan fingerprint density at radius 3 is 2.79 bits per heavy atom. The van der Waals surface area contributed by atoms with Crippen LogP contribution in [0.5, 0.6) is 0 Å². The lowest BCUT2D eigenvalue weighted by atomic mass is 10.1. The third kappa shape index (κ3) is 1.78. The average molecular weight is 319 g/mol. The quantitative estimate of drug-likeness (QED) is 0.566. The van der Waals surface area contributed by atoms with Crippen molar-refractivity contribution in [2.45, 2.75) is 13.0 Å². The maximum absolute atomic E-state index is 4.67. The van der Waals surface area contributed by atoms with Gasteiger partial charge in [0.15, 0.2) is 17.0 Å². The van der Waals surface area contributed by atoms with Gasteiger partial charge < -0.3 is 14.0 Å². The Morgan fingerprint density at radius 1 is 1.08 bits per heavy atom. The van der Waals surface area contributed by atoms with Crippen molar-refractivity contribution < 1.29 is 0 Å². The molecule has 24 heavy (non-hydrogen) atoms. The first kappa shape index (κ1) is 13.5. The lowest BCUT2D eigenvalue weighted by Crippen LogP contribution is -2.48. The molecule has 1 saturated heterocycles. The zero-order valence-electron chi connectivity index (χ0n) is 13.6. The van der Waals surface area contributed by atoms with Crippen LogP contribution in [0.3, 0.4) is 0 Å². The van der Waals surface area contributed by atoms with Gasteiger partial charge in [-0.25, -0.2) is 19.9 Å². The second kappa shape index (κ2) is 4.77. The third-order valence-electron chi connectivity index (χ3n) is 4.78. The minimum atomic E-state index is 0.408. The van der Waals surface area contributed by atoms with Crippen LogP contribution in [-0.2, 0) is 7.05 Å². The Kier molecular flexibility index (Phi) is 2.68. The molecule has 120 valence electrons. The summed E-state index contributed by atoms with van der Waals surface area (Å²) in [7, 11) is 1.95. The van der Waals surface area contributed by atoms with Crippen molar-refractivity contribution in [3.63, 3.8) is 0 Å². The molecule has 3 aromatic heterocycles. The predicted molar refractivity (Wildman–Crippen MR) is 92.0 cm³/mol. The van der Waals surface area contributed by atoms with Crippen LogP contribution in [0.4, 0.5) is 5.82 Å². The van der Waals surface area contributed by atoms with Crippen LogP contribution in [0, 0.1) is 6.92 Å². The standard InChI is InChI=1S/C17H17N7/c1-11-21-13-5-3-4-6-14(13)24(11)12-7-23(8-12)17-15-16(18-9-19-17)22(2)10-20-15/h3-6,9-10,12H,7-8H2,1-2H3. The fourth-order valence-electron chi connectivity index (χ4n) is 3.58. The van der Waals surface area contributed by atoms with E-state index in [-0.39, 0.29) is 0 Å². The molecule has 0 bridgehead atoms. The van der Waals surface area contributed by atoms with Crippen molar-refractivity contribution in [2.75, 3.05) is 18.0 Å². The zero-order chi connectivity index (χ0) is 16.3. The van der Waals surface area contributed by atoms with Gasteiger partial charge in [-0.3, -0.25) is 0 Å². The van der Waals surface area contributed by atoms with E-state index in [0.29, 0.717) is 6.04 Å². The Balaban J connectivity index is 1.48. The van der Waals surface area contributed by atoms with Gasteiger partial charge in [0.25, 0.3) is 0 Å². The monoisotopic (exact) mass is 319 g/mol. The average Bonchev–Trinajstić information content (AvgIpc) is 3.08. The van der Waals surface area contributed by atoms with Gasteiger partial charge in [0, 0.05) is 20.1 Å². The molecule has 0 saturated carbocycles. The maximum Gasteiger partial charge on any atom is 0.165 e. The Labute approximate surface area is 138 Å². The van der Waals surface area contributed by atoms with Crippen molar-refractivity contribution in [3.05, 3.63) is 42.7 Å². The summed E-state index contributed by atoms with van der Waals surface area (Å²) in [6.07, 6.45) is 3.40. The number of nitrogens with zero attached hydrogens (tertiary/aromatic N) is 7. The summed E-state index contributed by atoms with van der Waals surface area (Å²) in [6, 6.07) is 8.71. The highest BCUT2D eigenvalue weighted by Crippen LogP contribution is 2.32. The number of fused-ring (bicyclic) bond motifs is 2. The Morgan fingerprint density at radius 2 is 1.92 bits per heavy atom. The van der Waals surface area contributed by atoms with Crippen molar-refractivity contribution in [1.82, 2.24) is 29.1 Å². The molecule has 0 N–H and O–H groups in total. The molecule has 0 unspecified atom stereocenters. The smallest absolute Gasteiger partial charge is 0.165 e. The summed E-state index contributed by atoms with van der Waals surface area (Å²) >= 11 is 0. The molecular formula is C17H17N7. The molecule has 1 fully saturated rings. The summed E-state index contributed by atoms with van der Waals surface area (Å²) in [5.74, 6) is 1.98. The highest BCUT2D eigenvalue weighted by atomic mass is 15.3. The first-order chi connectivity index (χ1) is 11.7. The molecular weight excluding hydrogens is 302 g/mol. The normalized spacial score (nSPS) is 15.3. The first-order valence-electron chi connectivity index (χ1n) is 8.03. The molecule has 4 heterocycles. The van der Waals surface area contributed by atoms with Gasteiger partial charge >= 0.3 is 0 Å². The van der Waals surface area contributed by atoms with Gasteiger partial charge in [-0.05, 0) is 19.1 Å². The highest BCUT2D eigenvalue weighted by molar-refractivity contribution is 5.84. The van der Waals surface area contributed by atoms with Crippen molar-refractivity contribution in [1.29, 1.82) is 0 Å². The topological polar surface area (TPSA) is 64.7 Å². The van der Waals surface area contributed by atoms with Crippen molar-refractivity contribution in [2.24, 2.45) is 7.05 Å². The second-order valence-corrected chi connectivity index (χ2v) is 6.30. The van der Waals surface area contributed by atoms with Gasteiger partial charge in [0.05, 0.1) is 23.4 Å². The summed E-state index contributed by atoms with van der Waals surface area (Å²) < 4.78 is 4.26. The van der Waals surface area contributed by atoms with Crippen LogP contribution in [0.25, 0.3) is 22.2 Å². The number of benzene rings is 1. The van der Waals surface area contributed by atoms with Crippen LogP contribution in [0.1, 0.15) is 11.9 Å². The van der Waals surface area contributed by atoms with E-state index < -0.39 is 0 Å². The lowest BCUT2D eigenvalue weighted by Gasteiger charge is -2.41. The largest absolute Gasteiger partial charge is 0.350 e. The molecule has 5 rings (SSSR count). The van der Waals surface area contributed by atoms with Gasteiger partial charge in [-0.1, -0.05) is 12.1 Å². The van der Waals surface area contributed by atoms with E-state index in [4.69, 9.17) is 0 Å².